The summed E-state index contributed by atoms with van der Waals surface area (Å²) in [5.74, 6) is 0.389. The number of fused-ring (bicyclic) bond motifs is 1. The minimum Gasteiger partial charge on any atom is -0.496 e. The minimum absolute atomic E-state index is 0.177. The smallest absolute Gasteiger partial charge is 0.259 e. The van der Waals surface area contributed by atoms with Gasteiger partial charge in [0.1, 0.15) is 5.75 Å². The molecule has 0 radical (unpaired) electrons. The van der Waals surface area contributed by atoms with Gasteiger partial charge in [-0.05, 0) is 60.9 Å². The van der Waals surface area contributed by atoms with Crippen LogP contribution in [0.4, 0.5) is 17.1 Å². The van der Waals surface area contributed by atoms with Crippen molar-refractivity contribution in [3.63, 3.8) is 0 Å². The molecule has 1 heterocycles. The molecule has 0 saturated carbocycles. The Morgan fingerprint density at radius 3 is 2.52 bits per heavy atom. The van der Waals surface area contributed by atoms with Crippen molar-refractivity contribution in [1.82, 2.24) is 0 Å². The van der Waals surface area contributed by atoms with Crippen LogP contribution in [0.2, 0.25) is 0 Å². The van der Waals surface area contributed by atoms with E-state index < -0.39 is 0 Å². The number of anilines is 3. The summed E-state index contributed by atoms with van der Waals surface area (Å²) in [4.78, 5) is 14.9. The lowest BCUT2D eigenvalue weighted by Gasteiger charge is -2.31. The normalized spacial score (nSPS) is 13.0. The Balaban J connectivity index is 1.53. The van der Waals surface area contributed by atoms with E-state index in [4.69, 9.17) is 4.74 Å². The van der Waals surface area contributed by atoms with E-state index in [1.54, 1.807) is 19.2 Å². The highest BCUT2D eigenvalue weighted by Gasteiger charge is 2.18. The van der Waals surface area contributed by atoms with Gasteiger partial charge in [0.2, 0.25) is 0 Å². The van der Waals surface area contributed by atoms with Crippen molar-refractivity contribution in [3.05, 3.63) is 83.9 Å². The van der Waals surface area contributed by atoms with Crippen LogP contribution in [-0.2, 0) is 6.42 Å². The van der Waals surface area contributed by atoms with Gasteiger partial charge in [-0.1, -0.05) is 30.3 Å². The average Bonchev–Trinajstić information content (AvgIpc) is 2.74. The fourth-order valence-corrected chi connectivity index (χ4v) is 3.56. The summed E-state index contributed by atoms with van der Waals surface area (Å²) in [6, 6.07) is 23.8. The minimum atomic E-state index is -0.177. The predicted molar refractivity (Wildman–Crippen MR) is 109 cm³/mol. The summed E-state index contributed by atoms with van der Waals surface area (Å²) in [5.41, 5.74) is 5.08. The highest BCUT2D eigenvalue weighted by molar-refractivity contribution is 6.06. The van der Waals surface area contributed by atoms with Crippen LogP contribution < -0.4 is 15.0 Å². The van der Waals surface area contributed by atoms with Gasteiger partial charge in [0.25, 0.3) is 5.91 Å². The van der Waals surface area contributed by atoms with Crippen LogP contribution >= 0.6 is 0 Å². The number of nitrogens with zero attached hydrogens (tertiary/aromatic N) is 1. The number of hydrogen-bond donors (Lipinski definition) is 1. The molecule has 1 aliphatic rings. The molecule has 1 amide bonds. The SMILES string of the molecule is COc1ccccc1C(=O)Nc1ccc(N2CCCc3ccccc32)cc1. The Bertz CT molecular complexity index is 951. The maximum Gasteiger partial charge on any atom is 0.259 e. The van der Waals surface area contributed by atoms with Crippen molar-refractivity contribution < 1.29 is 9.53 Å². The molecule has 27 heavy (non-hydrogen) atoms. The van der Waals surface area contributed by atoms with E-state index in [-0.39, 0.29) is 5.91 Å². The maximum absolute atomic E-state index is 12.5. The van der Waals surface area contributed by atoms with Crippen LogP contribution in [0.15, 0.2) is 72.8 Å². The van der Waals surface area contributed by atoms with Crippen LogP contribution in [0.3, 0.4) is 0 Å². The zero-order valence-electron chi connectivity index (χ0n) is 15.3. The fourth-order valence-electron chi connectivity index (χ4n) is 3.56. The zero-order valence-corrected chi connectivity index (χ0v) is 15.3. The highest BCUT2D eigenvalue weighted by Crippen LogP contribution is 2.33. The molecule has 1 N–H and O–H groups in total. The number of hydrogen-bond acceptors (Lipinski definition) is 3. The quantitative estimate of drug-likeness (QED) is 0.711. The molecule has 0 bridgehead atoms. The van der Waals surface area contributed by atoms with E-state index >= 15 is 0 Å². The molecule has 136 valence electrons. The molecule has 0 atom stereocenters. The van der Waals surface area contributed by atoms with Gasteiger partial charge in [-0.2, -0.15) is 0 Å². The van der Waals surface area contributed by atoms with Crippen LogP contribution in [-0.4, -0.2) is 19.6 Å². The van der Waals surface area contributed by atoms with E-state index in [0.29, 0.717) is 11.3 Å². The molecule has 0 aromatic heterocycles. The van der Waals surface area contributed by atoms with E-state index in [9.17, 15) is 4.79 Å². The van der Waals surface area contributed by atoms with Crippen LogP contribution in [0.5, 0.6) is 5.75 Å². The summed E-state index contributed by atoms with van der Waals surface area (Å²) in [6.07, 6.45) is 2.27. The third-order valence-electron chi connectivity index (χ3n) is 4.90. The Morgan fingerprint density at radius 1 is 0.963 bits per heavy atom. The molecular weight excluding hydrogens is 336 g/mol. The van der Waals surface area contributed by atoms with Gasteiger partial charge in [0.05, 0.1) is 12.7 Å². The third kappa shape index (κ3) is 3.51. The molecule has 0 saturated heterocycles. The molecule has 1 aliphatic heterocycles. The standard InChI is InChI=1S/C23H22N2O2/c1-27-22-11-5-3-9-20(22)23(26)24-18-12-14-19(15-13-18)25-16-6-8-17-7-2-4-10-21(17)25/h2-5,7,9-15H,6,8,16H2,1H3,(H,24,26). The lowest BCUT2D eigenvalue weighted by molar-refractivity contribution is 0.102. The zero-order chi connectivity index (χ0) is 18.6. The van der Waals surface area contributed by atoms with Gasteiger partial charge < -0.3 is 15.0 Å². The van der Waals surface area contributed by atoms with Gasteiger partial charge in [0, 0.05) is 23.6 Å². The van der Waals surface area contributed by atoms with Gasteiger partial charge in [-0.15, -0.1) is 0 Å². The van der Waals surface area contributed by atoms with Crippen molar-refractivity contribution in [2.45, 2.75) is 12.8 Å². The van der Waals surface area contributed by atoms with Crippen molar-refractivity contribution >= 4 is 23.0 Å². The number of aryl methyl sites for hydroxylation is 1. The van der Waals surface area contributed by atoms with Gasteiger partial charge in [0.15, 0.2) is 0 Å². The molecule has 0 fully saturated rings. The first kappa shape index (κ1) is 17.2. The first-order valence-corrected chi connectivity index (χ1v) is 9.16. The highest BCUT2D eigenvalue weighted by atomic mass is 16.5. The number of methoxy groups -OCH3 is 1. The van der Waals surface area contributed by atoms with Gasteiger partial charge in [-0.25, -0.2) is 0 Å². The molecule has 4 rings (SSSR count). The summed E-state index contributed by atoms with van der Waals surface area (Å²) in [7, 11) is 1.57. The molecule has 4 nitrogen and oxygen atoms in total. The van der Waals surface area contributed by atoms with Crippen molar-refractivity contribution in [2.75, 3.05) is 23.9 Å². The number of carbonyl (C=O) groups is 1. The van der Waals surface area contributed by atoms with E-state index in [1.165, 1.54) is 11.3 Å². The number of ether oxygens (including phenoxy) is 1. The van der Waals surface area contributed by atoms with Crippen LogP contribution in [0, 0.1) is 0 Å². The Morgan fingerprint density at radius 2 is 1.70 bits per heavy atom. The fraction of sp³-hybridized carbons (Fsp3) is 0.174. The summed E-state index contributed by atoms with van der Waals surface area (Å²) < 4.78 is 5.27. The lowest BCUT2D eigenvalue weighted by atomic mass is 10.0. The molecule has 4 heteroatoms. The number of nitrogens with one attached hydrogen (secondary N) is 1. The second kappa shape index (κ2) is 7.54. The lowest BCUT2D eigenvalue weighted by Crippen LogP contribution is -2.24. The molecule has 0 aliphatic carbocycles. The summed E-state index contributed by atoms with van der Waals surface area (Å²) >= 11 is 0. The third-order valence-corrected chi connectivity index (χ3v) is 4.90. The van der Waals surface area contributed by atoms with E-state index in [0.717, 1.165) is 30.8 Å². The number of amides is 1. The van der Waals surface area contributed by atoms with Gasteiger partial charge in [-0.3, -0.25) is 4.79 Å². The molecule has 3 aromatic rings. The number of para-hydroxylation sites is 2. The average molecular weight is 358 g/mol. The van der Waals surface area contributed by atoms with Gasteiger partial charge >= 0.3 is 0 Å². The van der Waals surface area contributed by atoms with Crippen LogP contribution in [0.1, 0.15) is 22.3 Å². The largest absolute Gasteiger partial charge is 0.496 e. The van der Waals surface area contributed by atoms with Crippen LogP contribution in [0.25, 0.3) is 0 Å². The van der Waals surface area contributed by atoms with Crippen molar-refractivity contribution in [3.8, 4) is 5.75 Å². The summed E-state index contributed by atoms with van der Waals surface area (Å²) in [6.45, 7) is 1.00. The van der Waals surface area contributed by atoms with E-state index in [2.05, 4.69) is 46.6 Å². The maximum atomic E-state index is 12.5. The summed E-state index contributed by atoms with van der Waals surface area (Å²) in [5, 5.41) is 2.94. The first-order chi connectivity index (χ1) is 13.3. The molecule has 3 aromatic carbocycles. The molecule has 0 spiro atoms. The Kier molecular flexibility index (Phi) is 4.79. The number of carbonyl (C=O) groups excluding carboxylic acids is 1. The Labute approximate surface area is 159 Å². The first-order valence-electron chi connectivity index (χ1n) is 9.16. The monoisotopic (exact) mass is 358 g/mol. The predicted octanol–water partition coefficient (Wildman–Crippen LogP) is 5.03. The van der Waals surface area contributed by atoms with E-state index in [1.807, 2.05) is 24.3 Å². The second-order valence-electron chi connectivity index (χ2n) is 6.59. The number of benzene rings is 3. The second-order valence-corrected chi connectivity index (χ2v) is 6.59. The van der Waals surface area contributed by atoms with Crippen molar-refractivity contribution in [2.24, 2.45) is 0 Å². The van der Waals surface area contributed by atoms with Crippen molar-refractivity contribution in [1.29, 1.82) is 0 Å². The molecular formula is C23H22N2O2. The topological polar surface area (TPSA) is 41.6 Å². The molecule has 0 unspecified atom stereocenters. The Hall–Kier alpha value is -3.27. The number of rotatable bonds is 4.